The Morgan fingerprint density at radius 1 is 1.22 bits per heavy atom. The first-order valence-corrected chi connectivity index (χ1v) is 6.89. The fraction of sp³-hybridized carbons (Fsp3) is 0. The average Bonchev–Trinajstić information content (AvgIpc) is 2.33. The van der Waals surface area contributed by atoms with E-state index in [1.807, 2.05) is 18.2 Å². The maximum atomic E-state index is 5.45. The Kier molecular flexibility index (Phi) is 4.26. The summed E-state index contributed by atoms with van der Waals surface area (Å²) >= 11 is 11.7. The lowest BCUT2D eigenvalue weighted by Crippen LogP contribution is -2.12. The van der Waals surface area contributed by atoms with E-state index < -0.39 is 0 Å². The van der Waals surface area contributed by atoms with Crippen LogP contribution in [0.2, 0.25) is 0 Å². The van der Waals surface area contributed by atoms with Crippen LogP contribution in [0.15, 0.2) is 39.5 Å². The van der Waals surface area contributed by atoms with Gasteiger partial charge in [-0.2, -0.15) is 0 Å². The molecular weight excluding hydrogens is 380 g/mol. The minimum atomic E-state index is 0.235. The Labute approximate surface area is 126 Å². The molecule has 0 atom stereocenters. The second-order valence-electron chi connectivity index (χ2n) is 3.40. The summed E-state index contributed by atoms with van der Waals surface area (Å²) in [5.41, 5.74) is 6.86. The van der Waals surface area contributed by atoms with E-state index in [1.54, 1.807) is 6.20 Å². The van der Waals surface area contributed by atoms with Gasteiger partial charge in [-0.3, -0.25) is 0 Å². The summed E-state index contributed by atoms with van der Waals surface area (Å²) < 4.78 is 1.92. The van der Waals surface area contributed by atoms with Crippen LogP contribution in [0.5, 0.6) is 0 Å². The first kappa shape index (κ1) is 13.4. The molecule has 1 aromatic heterocycles. The number of hydrogen-bond donors (Lipinski definition) is 2. The highest BCUT2D eigenvalue weighted by Crippen LogP contribution is 2.27. The lowest BCUT2D eigenvalue weighted by atomic mass is 10.3. The zero-order valence-corrected chi connectivity index (χ0v) is 13.0. The molecule has 0 unspecified atom stereocenters. The number of anilines is 2. The van der Waals surface area contributed by atoms with Crippen LogP contribution < -0.4 is 11.1 Å². The molecular formula is C11H8Br2N4S. The summed E-state index contributed by atoms with van der Waals surface area (Å²) in [6, 6.07) is 5.81. The van der Waals surface area contributed by atoms with E-state index in [1.165, 1.54) is 6.20 Å². The molecule has 18 heavy (non-hydrogen) atoms. The van der Waals surface area contributed by atoms with Crippen LogP contribution in [0, 0.1) is 0 Å². The summed E-state index contributed by atoms with van der Waals surface area (Å²) in [7, 11) is 0. The average molecular weight is 388 g/mol. The normalized spacial score (nSPS) is 10.1. The Balaban J connectivity index is 2.21. The third kappa shape index (κ3) is 3.24. The van der Waals surface area contributed by atoms with Crippen molar-refractivity contribution < 1.29 is 0 Å². The van der Waals surface area contributed by atoms with E-state index in [4.69, 9.17) is 18.0 Å². The van der Waals surface area contributed by atoms with E-state index >= 15 is 0 Å². The molecule has 7 heteroatoms. The van der Waals surface area contributed by atoms with Gasteiger partial charge >= 0.3 is 0 Å². The molecule has 0 saturated heterocycles. The van der Waals surface area contributed by atoms with Gasteiger partial charge in [-0.25, -0.2) is 9.97 Å². The van der Waals surface area contributed by atoms with Crippen LogP contribution in [-0.4, -0.2) is 15.0 Å². The van der Waals surface area contributed by atoms with Gasteiger partial charge in [0.25, 0.3) is 0 Å². The van der Waals surface area contributed by atoms with Gasteiger partial charge in [-0.15, -0.1) is 0 Å². The lowest BCUT2D eigenvalue weighted by molar-refractivity contribution is 1.18. The van der Waals surface area contributed by atoms with Crippen molar-refractivity contribution in [3.05, 3.63) is 45.2 Å². The van der Waals surface area contributed by atoms with Gasteiger partial charge in [-0.1, -0.05) is 28.1 Å². The maximum Gasteiger partial charge on any atom is 0.148 e. The van der Waals surface area contributed by atoms with Gasteiger partial charge in [0, 0.05) is 8.95 Å². The lowest BCUT2D eigenvalue weighted by Gasteiger charge is -2.08. The number of rotatable bonds is 3. The SMILES string of the molecule is NC(=S)c1cnc(Nc2ccc(Br)cc2Br)cn1. The number of nitrogens with two attached hydrogens (primary N) is 1. The van der Waals surface area contributed by atoms with Crippen LogP contribution in [-0.2, 0) is 0 Å². The highest BCUT2D eigenvalue weighted by Gasteiger charge is 2.03. The van der Waals surface area contributed by atoms with Gasteiger partial charge in [0.05, 0.1) is 18.1 Å². The van der Waals surface area contributed by atoms with Gasteiger partial charge in [0.15, 0.2) is 0 Å². The van der Waals surface area contributed by atoms with Crippen molar-refractivity contribution in [2.75, 3.05) is 5.32 Å². The first-order valence-electron chi connectivity index (χ1n) is 4.90. The summed E-state index contributed by atoms with van der Waals surface area (Å²) in [6.45, 7) is 0. The number of halogens is 2. The van der Waals surface area contributed by atoms with Crippen LogP contribution >= 0.6 is 44.1 Å². The first-order chi connectivity index (χ1) is 8.56. The number of nitrogens with zero attached hydrogens (tertiary/aromatic N) is 2. The Morgan fingerprint density at radius 3 is 2.56 bits per heavy atom. The predicted molar refractivity (Wildman–Crippen MR) is 83.0 cm³/mol. The molecule has 0 saturated carbocycles. The van der Waals surface area contributed by atoms with Crippen molar-refractivity contribution >= 4 is 60.6 Å². The van der Waals surface area contributed by atoms with Gasteiger partial charge in [0.2, 0.25) is 0 Å². The number of hydrogen-bond acceptors (Lipinski definition) is 4. The molecule has 0 spiro atoms. The molecule has 0 amide bonds. The summed E-state index contributed by atoms with van der Waals surface area (Å²) in [6.07, 6.45) is 3.13. The van der Waals surface area contributed by atoms with E-state index in [9.17, 15) is 0 Å². The Bertz CT molecular complexity index is 586. The van der Waals surface area contributed by atoms with E-state index in [0.717, 1.165) is 14.6 Å². The molecule has 2 rings (SSSR count). The predicted octanol–water partition coefficient (Wildman–Crippen LogP) is 3.38. The third-order valence-electron chi connectivity index (χ3n) is 2.10. The molecule has 0 fully saturated rings. The second kappa shape index (κ2) is 5.73. The molecule has 0 radical (unpaired) electrons. The largest absolute Gasteiger partial charge is 0.388 e. The third-order valence-corrected chi connectivity index (χ3v) is 3.46. The topological polar surface area (TPSA) is 63.8 Å². The van der Waals surface area contributed by atoms with Crippen LogP contribution in [0.1, 0.15) is 5.69 Å². The minimum Gasteiger partial charge on any atom is -0.388 e. The smallest absolute Gasteiger partial charge is 0.148 e. The van der Waals surface area contributed by atoms with Gasteiger partial charge in [0.1, 0.15) is 16.5 Å². The molecule has 1 aromatic carbocycles. The molecule has 4 nitrogen and oxygen atoms in total. The molecule has 0 bridgehead atoms. The summed E-state index contributed by atoms with van der Waals surface area (Å²) in [5.74, 6) is 0.623. The van der Waals surface area contributed by atoms with Gasteiger partial charge < -0.3 is 11.1 Å². The van der Waals surface area contributed by atoms with Crippen molar-refractivity contribution in [3.8, 4) is 0 Å². The van der Waals surface area contributed by atoms with Crippen LogP contribution in [0.4, 0.5) is 11.5 Å². The molecule has 0 aliphatic heterocycles. The number of thiocarbonyl (C=S) groups is 1. The number of benzene rings is 1. The fourth-order valence-corrected chi connectivity index (χ4v) is 2.50. The molecule has 3 N–H and O–H groups in total. The van der Waals surface area contributed by atoms with Crippen molar-refractivity contribution in [2.24, 2.45) is 5.73 Å². The Hall–Kier alpha value is -1.05. The van der Waals surface area contributed by atoms with Crippen LogP contribution in [0.25, 0.3) is 0 Å². The number of aromatic nitrogens is 2. The monoisotopic (exact) mass is 386 g/mol. The highest BCUT2D eigenvalue weighted by atomic mass is 79.9. The quantitative estimate of drug-likeness (QED) is 0.790. The Morgan fingerprint density at radius 2 is 2.00 bits per heavy atom. The number of nitrogens with one attached hydrogen (secondary N) is 1. The standard InChI is InChI=1S/C11H8Br2N4S/c12-6-1-2-8(7(13)3-6)17-10-5-15-9(4-16-10)11(14)18/h1-5H,(H2,14,18)(H,16,17). The summed E-state index contributed by atoms with van der Waals surface area (Å²) in [5, 5.41) is 3.14. The van der Waals surface area contributed by atoms with E-state index in [2.05, 4.69) is 47.1 Å². The molecule has 0 aliphatic rings. The molecule has 1 heterocycles. The van der Waals surface area contributed by atoms with E-state index in [0.29, 0.717) is 11.5 Å². The van der Waals surface area contributed by atoms with Crippen LogP contribution in [0.3, 0.4) is 0 Å². The van der Waals surface area contributed by atoms with Crippen molar-refractivity contribution in [3.63, 3.8) is 0 Å². The maximum absolute atomic E-state index is 5.45. The fourth-order valence-electron chi connectivity index (χ4n) is 1.25. The molecule has 0 aliphatic carbocycles. The molecule has 92 valence electrons. The second-order valence-corrected chi connectivity index (χ2v) is 5.61. The zero-order chi connectivity index (χ0) is 13.1. The van der Waals surface area contributed by atoms with Crippen molar-refractivity contribution in [2.45, 2.75) is 0 Å². The summed E-state index contributed by atoms with van der Waals surface area (Å²) in [4.78, 5) is 8.53. The minimum absolute atomic E-state index is 0.235. The zero-order valence-electron chi connectivity index (χ0n) is 9.02. The molecule has 2 aromatic rings. The highest BCUT2D eigenvalue weighted by molar-refractivity contribution is 9.11. The van der Waals surface area contributed by atoms with Crippen molar-refractivity contribution in [1.29, 1.82) is 0 Å². The van der Waals surface area contributed by atoms with Crippen molar-refractivity contribution in [1.82, 2.24) is 9.97 Å². The van der Waals surface area contributed by atoms with E-state index in [-0.39, 0.29) is 4.99 Å². The van der Waals surface area contributed by atoms with Gasteiger partial charge in [-0.05, 0) is 34.1 Å².